The molecular formula is C13H19FN2OS. The molecular weight excluding hydrogens is 251 g/mol. The third kappa shape index (κ3) is 4.96. The van der Waals surface area contributed by atoms with Crippen LogP contribution in [0.3, 0.4) is 0 Å². The van der Waals surface area contributed by atoms with E-state index >= 15 is 0 Å². The molecule has 5 heteroatoms. The van der Waals surface area contributed by atoms with Crippen molar-refractivity contribution in [2.45, 2.75) is 25.8 Å². The number of hydrogen-bond donors (Lipinski definition) is 2. The molecule has 3 nitrogen and oxygen atoms in total. The van der Waals surface area contributed by atoms with Gasteiger partial charge in [0.05, 0.1) is 0 Å². The molecule has 0 radical (unpaired) electrons. The van der Waals surface area contributed by atoms with Gasteiger partial charge in [-0.15, -0.1) is 0 Å². The van der Waals surface area contributed by atoms with E-state index in [4.69, 9.17) is 5.73 Å². The second-order valence-electron chi connectivity index (χ2n) is 4.25. The molecule has 0 aliphatic carbocycles. The Morgan fingerprint density at radius 2 is 2.22 bits per heavy atom. The Bertz CT molecular complexity index is 392. The van der Waals surface area contributed by atoms with Crippen molar-refractivity contribution in [1.29, 1.82) is 0 Å². The number of nitrogens with two attached hydrogens (primary N) is 1. The average Bonchev–Trinajstić information content (AvgIpc) is 2.26. The molecule has 1 aromatic carbocycles. The molecule has 0 spiro atoms. The second-order valence-corrected chi connectivity index (χ2v) is 5.24. The van der Waals surface area contributed by atoms with Crippen LogP contribution in [0.15, 0.2) is 18.2 Å². The monoisotopic (exact) mass is 270 g/mol. The fourth-order valence-corrected chi connectivity index (χ4v) is 2.19. The fourth-order valence-electron chi connectivity index (χ4n) is 1.74. The smallest absolute Gasteiger partial charge is 0.239 e. The number of halogens is 1. The van der Waals surface area contributed by atoms with Gasteiger partial charge < -0.3 is 11.1 Å². The van der Waals surface area contributed by atoms with Crippen LogP contribution >= 0.6 is 11.8 Å². The number of benzene rings is 1. The van der Waals surface area contributed by atoms with Crippen LogP contribution in [0.25, 0.3) is 0 Å². The largest absolute Gasteiger partial charge is 0.374 e. The minimum Gasteiger partial charge on any atom is -0.374 e. The minimum atomic E-state index is -0.446. The maximum Gasteiger partial charge on any atom is 0.239 e. The van der Waals surface area contributed by atoms with Gasteiger partial charge in [-0.25, -0.2) is 4.39 Å². The molecule has 0 saturated heterocycles. The first-order valence-corrected chi connectivity index (χ1v) is 7.24. The first-order chi connectivity index (χ1) is 8.52. The molecule has 0 fully saturated rings. The van der Waals surface area contributed by atoms with Gasteiger partial charge in [0.25, 0.3) is 0 Å². The van der Waals surface area contributed by atoms with Crippen LogP contribution in [0, 0.1) is 12.7 Å². The van der Waals surface area contributed by atoms with Crippen molar-refractivity contribution in [2.24, 2.45) is 5.73 Å². The van der Waals surface area contributed by atoms with E-state index in [0.717, 1.165) is 17.7 Å². The van der Waals surface area contributed by atoms with Crippen LogP contribution in [-0.2, 0) is 4.79 Å². The fraction of sp³-hybridized carbons (Fsp3) is 0.462. The first kappa shape index (κ1) is 14.8. The first-order valence-electron chi connectivity index (χ1n) is 5.85. The Balaban J connectivity index is 2.67. The molecule has 1 amide bonds. The zero-order valence-electron chi connectivity index (χ0n) is 10.7. The maximum atomic E-state index is 13.2. The molecule has 0 bridgehead atoms. The van der Waals surface area contributed by atoms with Crippen LogP contribution in [0.1, 0.15) is 18.4 Å². The summed E-state index contributed by atoms with van der Waals surface area (Å²) >= 11 is 1.73. The summed E-state index contributed by atoms with van der Waals surface area (Å²) in [4.78, 5) is 11.3. The molecule has 0 aromatic heterocycles. The molecule has 0 heterocycles. The van der Waals surface area contributed by atoms with E-state index in [-0.39, 0.29) is 5.82 Å². The van der Waals surface area contributed by atoms with E-state index in [2.05, 4.69) is 5.32 Å². The van der Waals surface area contributed by atoms with E-state index in [1.54, 1.807) is 24.8 Å². The highest BCUT2D eigenvalue weighted by Crippen LogP contribution is 2.16. The summed E-state index contributed by atoms with van der Waals surface area (Å²) < 4.78 is 13.2. The molecule has 1 aromatic rings. The van der Waals surface area contributed by atoms with Crippen LogP contribution < -0.4 is 11.1 Å². The molecule has 1 unspecified atom stereocenters. The van der Waals surface area contributed by atoms with E-state index in [1.165, 1.54) is 12.1 Å². The molecule has 0 aliphatic heterocycles. The number of rotatable bonds is 7. The van der Waals surface area contributed by atoms with Crippen LogP contribution in [0.5, 0.6) is 0 Å². The highest BCUT2D eigenvalue weighted by atomic mass is 32.2. The molecule has 18 heavy (non-hydrogen) atoms. The van der Waals surface area contributed by atoms with Gasteiger partial charge in [0.1, 0.15) is 11.9 Å². The zero-order chi connectivity index (χ0) is 13.5. The normalized spacial score (nSPS) is 12.2. The predicted molar refractivity (Wildman–Crippen MR) is 75.4 cm³/mol. The number of carbonyl (C=O) groups is 1. The summed E-state index contributed by atoms with van der Waals surface area (Å²) in [6.07, 6.45) is 3.57. The van der Waals surface area contributed by atoms with Gasteiger partial charge >= 0.3 is 0 Å². The average molecular weight is 270 g/mol. The van der Waals surface area contributed by atoms with Gasteiger partial charge in [-0.3, -0.25) is 4.79 Å². The molecule has 0 saturated carbocycles. The lowest BCUT2D eigenvalue weighted by Gasteiger charge is -2.17. The van der Waals surface area contributed by atoms with E-state index < -0.39 is 11.9 Å². The van der Waals surface area contributed by atoms with Crippen molar-refractivity contribution in [3.63, 3.8) is 0 Å². The van der Waals surface area contributed by atoms with Crippen molar-refractivity contribution in [1.82, 2.24) is 0 Å². The molecule has 3 N–H and O–H groups in total. The SMILES string of the molecule is CSCCCC(Nc1cc(C)cc(F)c1)C(N)=O. The van der Waals surface area contributed by atoms with Crippen molar-refractivity contribution in [2.75, 3.05) is 17.3 Å². The summed E-state index contributed by atoms with van der Waals surface area (Å²) in [5, 5.41) is 3.00. The summed E-state index contributed by atoms with van der Waals surface area (Å²) in [5.74, 6) is 0.260. The van der Waals surface area contributed by atoms with Gasteiger partial charge in [0.15, 0.2) is 0 Å². The number of aryl methyl sites for hydroxylation is 1. The maximum absolute atomic E-state index is 13.2. The molecule has 0 aliphatic rings. The van der Waals surface area contributed by atoms with Crippen LogP contribution in [0.2, 0.25) is 0 Å². The summed E-state index contributed by atoms with van der Waals surface area (Å²) in [6.45, 7) is 1.81. The Morgan fingerprint density at radius 3 is 2.78 bits per heavy atom. The number of primary amides is 1. The van der Waals surface area contributed by atoms with Gasteiger partial charge in [0, 0.05) is 5.69 Å². The number of anilines is 1. The van der Waals surface area contributed by atoms with Crippen LogP contribution in [0.4, 0.5) is 10.1 Å². The lowest BCUT2D eigenvalue weighted by molar-refractivity contribution is -0.118. The second kappa shape index (κ2) is 7.26. The van der Waals surface area contributed by atoms with Gasteiger partial charge in [-0.2, -0.15) is 11.8 Å². The zero-order valence-corrected chi connectivity index (χ0v) is 11.5. The number of carbonyl (C=O) groups excluding carboxylic acids is 1. The Labute approximate surface area is 111 Å². The standard InChI is InChI=1S/C13H19FN2OS/c1-9-6-10(14)8-11(7-9)16-12(13(15)17)4-3-5-18-2/h6-8,12,16H,3-5H2,1-2H3,(H2,15,17). The van der Waals surface area contributed by atoms with E-state index in [9.17, 15) is 9.18 Å². The quantitative estimate of drug-likeness (QED) is 0.749. The Kier molecular flexibility index (Phi) is 5.98. The number of nitrogens with one attached hydrogen (secondary N) is 1. The van der Waals surface area contributed by atoms with Crippen molar-refractivity contribution in [3.8, 4) is 0 Å². The number of amides is 1. The summed E-state index contributed by atoms with van der Waals surface area (Å²) in [6, 6.07) is 4.17. The minimum absolute atomic E-state index is 0.315. The molecule has 1 rings (SSSR count). The topological polar surface area (TPSA) is 55.1 Å². The lowest BCUT2D eigenvalue weighted by atomic mass is 10.1. The third-order valence-electron chi connectivity index (χ3n) is 2.57. The third-order valence-corrected chi connectivity index (χ3v) is 3.26. The van der Waals surface area contributed by atoms with Crippen molar-refractivity contribution in [3.05, 3.63) is 29.6 Å². The number of thioether (sulfide) groups is 1. The molecule has 1 atom stereocenters. The highest BCUT2D eigenvalue weighted by molar-refractivity contribution is 7.98. The van der Waals surface area contributed by atoms with Gasteiger partial charge in [-0.05, 0) is 55.5 Å². The van der Waals surface area contributed by atoms with E-state index in [1.807, 2.05) is 6.26 Å². The number of hydrogen-bond acceptors (Lipinski definition) is 3. The summed E-state index contributed by atoms with van der Waals surface area (Å²) in [5.41, 5.74) is 6.75. The Morgan fingerprint density at radius 1 is 1.50 bits per heavy atom. The van der Waals surface area contributed by atoms with Crippen LogP contribution in [-0.4, -0.2) is 24.0 Å². The van der Waals surface area contributed by atoms with Crippen molar-refractivity contribution < 1.29 is 9.18 Å². The Hall–Kier alpha value is -1.23. The highest BCUT2D eigenvalue weighted by Gasteiger charge is 2.14. The van der Waals surface area contributed by atoms with E-state index in [0.29, 0.717) is 12.1 Å². The summed E-state index contributed by atoms with van der Waals surface area (Å²) in [7, 11) is 0. The van der Waals surface area contributed by atoms with Gasteiger partial charge in [-0.1, -0.05) is 0 Å². The predicted octanol–water partition coefficient (Wildman–Crippen LogP) is 2.54. The van der Waals surface area contributed by atoms with Crippen molar-refractivity contribution >= 4 is 23.4 Å². The lowest BCUT2D eigenvalue weighted by Crippen LogP contribution is -2.35. The molecule has 100 valence electrons. The van der Waals surface area contributed by atoms with Gasteiger partial charge in [0.2, 0.25) is 5.91 Å².